The molecule has 39 heavy (non-hydrogen) atoms. The summed E-state index contributed by atoms with van der Waals surface area (Å²) in [5.74, 6) is -1.68. The highest BCUT2D eigenvalue weighted by Crippen LogP contribution is 2.19. The molecule has 9 nitrogen and oxygen atoms in total. The number of rotatable bonds is 11. The Morgan fingerprint density at radius 1 is 0.974 bits per heavy atom. The van der Waals surface area contributed by atoms with Gasteiger partial charge in [-0.25, -0.2) is 12.8 Å². The lowest BCUT2D eigenvalue weighted by Crippen LogP contribution is -2.59. The molecule has 1 fully saturated rings. The Morgan fingerprint density at radius 2 is 1.62 bits per heavy atom. The largest absolute Gasteiger partial charge is 0.350 e. The topological polar surface area (TPSA) is 125 Å². The number of anilines is 1. The van der Waals surface area contributed by atoms with E-state index in [0.717, 1.165) is 5.56 Å². The third-order valence-corrected chi connectivity index (χ3v) is 9.10. The summed E-state index contributed by atoms with van der Waals surface area (Å²) in [6.45, 7) is 7.88. The molecular weight excluding hydrogens is 521 g/mol. The van der Waals surface area contributed by atoms with Gasteiger partial charge in [-0.2, -0.15) is 4.31 Å². The number of benzene rings is 2. The summed E-state index contributed by atoms with van der Waals surface area (Å²) in [6.07, 6.45) is 0.743. The number of carbonyl (C=O) groups excluding carboxylic acids is 2. The monoisotopic (exact) mass is 561 g/mol. The Labute approximate surface area is 231 Å². The maximum Gasteiger partial charge on any atom is 0.237 e. The molecule has 1 aliphatic rings. The Kier molecular flexibility index (Phi) is 10.6. The van der Waals surface area contributed by atoms with Crippen LogP contribution in [0.15, 0.2) is 54.6 Å². The van der Waals surface area contributed by atoms with Gasteiger partial charge in [0.1, 0.15) is 11.7 Å². The maximum atomic E-state index is 13.3. The van der Waals surface area contributed by atoms with Gasteiger partial charge in [-0.3, -0.25) is 14.5 Å². The molecule has 3 rings (SSSR count). The van der Waals surface area contributed by atoms with E-state index in [1.165, 1.54) is 28.6 Å². The van der Waals surface area contributed by atoms with Crippen molar-refractivity contribution in [3.05, 3.63) is 66.0 Å². The van der Waals surface area contributed by atoms with Gasteiger partial charge in [-0.05, 0) is 63.4 Å². The number of sulfonamides is 1. The number of nitrogens with two attached hydrogens (primary N) is 1. The van der Waals surface area contributed by atoms with E-state index in [2.05, 4.69) is 10.6 Å². The molecular formula is C28H40FN5O4S. The van der Waals surface area contributed by atoms with Crippen LogP contribution in [0.1, 0.15) is 39.7 Å². The zero-order valence-electron chi connectivity index (χ0n) is 23.0. The molecule has 4 N–H and O–H groups in total. The van der Waals surface area contributed by atoms with Crippen molar-refractivity contribution in [3.8, 4) is 0 Å². The van der Waals surface area contributed by atoms with Crippen LogP contribution in [0.4, 0.5) is 10.1 Å². The van der Waals surface area contributed by atoms with Gasteiger partial charge in [-0.1, -0.05) is 37.3 Å². The van der Waals surface area contributed by atoms with E-state index in [4.69, 9.17) is 5.73 Å². The maximum absolute atomic E-state index is 13.3. The van der Waals surface area contributed by atoms with Crippen molar-refractivity contribution in [2.45, 2.75) is 64.7 Å². The fraction of sp³-hybridized carbons (Fsp3) is 0.500. The first-order chi connectivity index (χ1) is 18.4. The van der Waals surface area contributed by atoms with Crippen LogP contribution in [-0.4, -0.2) is 72.6 Å². The summed E-state index contributed by atoms with van der Waals surface area (Å²) in [5.41, 5.74) is 8.04. The van der Waals surface area contributed by atoms with Crippen LogP contribution in [0.5, 0.6) is 0 Å². The Morgan fingerprint density at radius 3 is 2.21 bits per heavy atom. The zero-order chi connectivity index (χ0) is 28.7. The number of hydrogen-bond acceptors (Lipinski definition) is 6. The molecule has 0 aliphatic carbocycles. The molecule has 1 aliphatic heterocycles. The third-order valence-electron chi connectivity index (χ3n) is 7.12. The van der Waals surface area contributed by atoms with Crippen molar-refractivity contribution in [1.29, 1.82) is 0 Å². The first kappa shape index (κ1) is 30.7. The normalized spacial score (nSPS) is 19.2. The molecule has 4 atom stereocenters. The van der Waals surface area contributed by atoms with E-state index in [-0.39, 0.29) is 23.7 Å². The smallest absolute Gasteiger partial charge is 0.237 e. The van der Waals surface area contributed by atoms with Gasteiger partial charge in [-0.15, -0.1) is 0 Å². The van der Waals surface area contributed by atoms with Gasteiger partial charge >= 0.3 is 0 Å². The van der Waals surface area contributed by atoms with Gasteiger partial charge in [0.2, 0.25) is 21.8 Å². The van der Waals surface area contributed by atoms with E-state index < -0.39 is 39.9 Å². The molecule has 0 spiro atoms. The number of nitrogens with one attached hydrogen (secondary N) is 2. The molecule has 0 radical (unpaired) electrons. The molecule has 214 valence electrons. The minimum atomic E-state index is -3.51. The summed E-state index contributed by atoms with van der Waals surface area (Å²) in [5, 5.41) is 5.80. The Bertz CT molecular complexity index is 1210. The van der Waals surface area contributed by atoms with Crippen LogP contribution >= 0.6 is 0 Å². The zero-order valence-corrected chi connectivity index (χ0v) is 23.8. The molecule has 0 bridgehead atoms. The fourth-order valence-electron chi connectivity index (χ4n) is 4.72. The van der Waals surface area contributed by atoms with Gasteiger partial charge in [0, 0.05) is 42.8 Å². The molecule has 2 aromatic rings. The minimum absolute atomic E-state index is 0.142. The van der Waals surface area contributed by atoms with Crippen LogP contribution in [-0.2, 0) is 26.0 Å². The highest BCUT2D eigenvalue weighted by Gasteiger charge is 2.37. The highest BCUT2D eigenvalue weighted by molar-refractivity contribution is 7.89. The minimum Gasteiger partial charge on any atom is -0.350 e. The SMILES string of the molecule is CC(C)N1CCN([C@H](C)C(=O)N[C@@H](Cc2ccccc2)[C@@H](N)C[C@@H](C)C(=O)Nc2ccc(F)cc2)CS1(=O)=O. The molecule has 0 saturated carbocycles. The van der Waals surface area contributed by atoms with E-state index in [1.54, 1.807) is 18.7 Å². The lowest BCUT2D eigenvalue weighted by atomic mass is 9.92. The summed E-state index contributed by atoms with van der Waals surface area (Å²) < 4.78 is 40.1. The van der Waals surface area contributed by atoms with Gasteiger partial charge in [0.05, 0.1) is 6.04 Å². The Balaban J connectivity index is 1.68. The second-order valence-electron chi connectivity index (χ2n) is 10.5. The molecule has 11 heteroatoms. The van der Waals surface area contributed by atoms with E-state index >= 15 is 0 Å². The fourth-order valence-corrected chi connectivity index (χ4v) is 6.65. The van der Waals surface area contributed by atoms with Crippen molar-refractivity contribution in [2.24, 2.45) is 11.7 Å². The second-order valence-corrected chi connectivity index (χ2v) is 12.4. The summed E-state index contributed by atoms with van der Waals surface area (Å²) in [4.78, 5) is 27.8. The standard InChI is InChI=1S/C28H40FN5O4S/c1-19(2)34-15-14-33(18-39(34,37)38)21(4)28(36)32-26(17-22-8-6-5-7-9-22)25(30)16-20(3)27(35)31-24-12-10-23(29)11-13-24/h5-13,19-21,25-26H,14-18,30H2,1-4H3,(H,31,35)(H,32,36)/t20-,21-,25+,26+/m1/s1. The van der Waals surface area contributed by atoms with Gasteiger partial charge in [0.15, 0.2) is 0 Å². The van der Waals surface area contributed by atoms with Crippen molar-refractivity contribution in [1.82, 2.24) is 14.5 Å². The van der Waals surface area contributed by atoms with Crippen LogP contribution in [0, 0.1) is 11.7 Å². The quantitative estimate of drug-likeness (QED) is 0.387. The first-order valence-corrected chi connectivity index (χ1v) is 14.9. The second kappa shape index (κ2) is 13.5. The number of nitrogens with zero attached hydrogens (tertiary/aromatic N) is 2. The van der Waals surface area contributed by atoms with Crippen molar-refractivity contribution >= 4 is 27.5 Å². The molecule has 0 aromatic heterocycles. The summed E-state index contributed by atoms with van der Waals surface area (Å²) in [7, 11) is -3.51. The number of amides is 2. The molecule has 1 saturated heterocycles. The summed E-state index contributed by atoms with van der Waals surface area (Å²) >= 11 is 0. The number of halogens is 1. The lowest BCUT2D eigenvalue weighted by Gasteiger charge is -2.39. The van der Waals surface area contributed by atoms with Crippen molar-refractivity contribution < 1.29 is 22.4 Å². The van der Waals surface area contributed by atoms with E-state index in [1.807, 2.05) is 44.2 Å². The molecule has 2 amide bonds. The van der Waals surface area contributed by atoms with E-state index in [9.17, 15) is 22.4 Å². The van der Waals surface area contributed by atoms with Crippen LogP contribution < -0.4 is 16.4 Å². The van der Waals surface area contributed by atoms with Crippen LogP contribution in [0.25, 0.3) is 0 Å². The number of carbonyl (C=O) groups is 2. The van der Waals surface area contributed by atoms with Crippen molar-refractivity contribution in [2.75, 3.05) is 24.3 Å². The van der Waals surface area contributed by atoms with Crippen LogP contribution in [0.2, 0.25) is 0 Å². The first-order valence-electron chi connectivity index (χ1n) is 13.3. The molecule has 1 heterocycles. The van der Waals surface area contributed by atoms with Gasteiger partial charge < -0.3 is 16.4 Å². The van der Waals surface area contributed by atoms with Crippen LogP contribution in [0.3, 0.4) is 0 Å². The average Bonchev–Trinajstić information content (AvgIpc) is 2.88. The lowest BCUT2D eigenvalue weighted by molar-refractivity contribution is -0.126. The van der Waals surface area contributed by atoms with Crippen molar-refractivity contribution in [3.63, 3.8) is 0 Å². The van der Waals surface area contributed by atoms with Gasteiger partial charge in [0.25, 0.3) is 0 Å². The van der Waals surface area contributed by atoms with E-state index in [0.29, 0.717) is 31.6 Å². The molecule has 0 unspecified atom stereocenters. The highest BCUT2D eigenvalue weighted by atomic mass is 32.2. The predicted octanol–water partition coefficient (Wildman–Crippen LogP) is 2.55. The Hall–Kier alpha value is -2.86. The predicted molar refractivity (Wildman–Crippen MR) is 151 cm³/mol. The number of hydrogen-bond donors (Lipinski definition) is 3. The molecule has 2 aromatic carbocycles. The third kappa shape index (κ3) is 8.56. The summed E-state index contributed by atoms with van der Waals surface area (Å²) in [6, 6.07) is 13.2. The average molecular weight is 562 g/mol.